The van der Waals surface area contributed by atoms with E-state index in [9.17, 15) is 5.11 Å². The van der Waals surface area contributed by atoms with Gasteiger partial charge in [0.2, 0.25) is 0 Å². The molecule has 0 aromatic carbocycles. The average molecular weight is 184 g/mol. The van der Waals surface area contributed by atoms with Gasteiger partial charge in [0.1, 0.15) is 0 Å². The molecule has 0 spiro atoms. The van der Waals surface area contributed by atoms with E-state index in [-0.39, 0.29) is 6.29 Å². The van der Waals surface area contributed by atoms with Gasteiger partial charge < -0.3 is 14.6 Å². The number of aliphatic hydroxyl groups excluding tert-OH is 1. The number of hydrogen-bond acceptors (Lipinski definition) is 3. The van der Waals surface area contributed by atoms with Crippen LogP contribution in [0.4, 0.5) is 0 Å². The van der Waals surface area contributed by atoms with Crippen LogP contribution in [0.3, 0.4) is 0 Å². The molecule has 1 aliphatic rings. The highest BCUT2D eigenvalue weighted by atomic mass is 16.7. The van der Waals surface area contributed by atoms with E-state index in [0.29, 0.717) is 12.8 Å². The van der Waals surface area contributed by atoms with Gasteiger partial charge >= 0.3 is 0 Å². The first-order valence-corrected chi connectivity index (χ1v) is 4.71. The Balaban J connectivity index is 2.11. The molecule has 1 rings (SSSR count). The third-order valence-electron chi connectivity index (χ3n) is 1.98. The van der Waals surface area contributed by atoms with Crippen LogP contribution in [0.1, 0.15) is 32.1 Å². The second-order valence-electron chi connectivity index (χ2n) is 3.13. The standard InChI is InChI=1S/C10H16O3/c1-2-3-6-9(11)13-10-7-4-5-8-12-10/h1,9-11H,3-8H2/t9-,10-/m1/s1. The fraction of sp³-hybridized carbons (Fsp3) is 0.800. The third-order valence-corrected chi connectivity index (χ3v) is 1.98. The van der Waals surface area contributed by atoms with Crippen molar-refractivity contribution in [3.63, 3.8) is 0 Å². The average Bonchev–Trinajstić information content (AvgIpc) is 2.16. The summed E-state index contributed by atoms with van der Waals surface area (Å²) < 4.78 is 10.5. The van der Waals surface area contributed by atoms with E-state index in [1.54, 1.807) is 0 Å². The Labute approximate surface area is 79.0 Å². The van der Waals surface area contributed by atoms with Crippen LogP contribution < -0.4 is 0 Å². The van der Waals surface area contributed by atoms with Gasteiger partial charge in [-0.25, -0.2) is 0 Å². The second-order valence-corrected chi connectivity index (χ2v) is 3.13. The van der Waals surface area contributed by atoms with Gasteiger partial charge in [-0.3, -0.25) is 0 Å². The van der Waals surface area contributed by atoms with Gasteiger partial charge in [0, 0.05) is 19.4 Å². The van der Waals surface area contributed by atoms with Crippen molar-refractivity contribution in [1.82, 2.24) is 0 Å². The van der Waals surface area contributed by atoms with Crippen molar-refractivity contribution in [2.45, 2.75) is 44.7 Å². The van der Waals surface area contributed by atoms with E-state index in [2.05, 4.69) is 5.92 Å². The summed E-state index contributed by atoms with van der Waals surface area (Å²) in [6.45, 7) is 0.729. The molecule has 1 fully saturated rings. The maximum Gasteiger partial charge on any atom is 0.160 e. The lowest BCUT2D eigenvalue weighted by Crippen LogP contribution is -2.27. The fourth-order valence-electron chi connectivity index (χ4n) is 1.27. The summed E-state index contributed by atoms with van der Waals surface area (Å²) in [6.07, 6.45) is 8.12. The monoisotopic (exact) mass is 184 g/mol. The van der Waals surface area contributed by atoms with Crippen molar-refractivity contribution in [3.05, 3.63) is 0 Å². The van der Waals surface area contributed by atoms with E-state index in [4.69, 9.17) is 15.9 Å². The molecule has 13 heavy (non-hydrogen) atoms. The Morgan fingerprint density at radius 1 is 1.62 bits per heavy atom. The molecule has 1 heterocycles. The second kappa shape index (κ2) is 5.98. The van der Waals surface area contributed by atoms with Crippen molar-refractivity contribution in [2.24, 2.45) is 0 Å². The smallest absolute Gasteiger partial charge is 0.160 e. The van der Waals surface area contributed by atoms with Crippen LogP contribution in [-0.2, 0) is 9.47 Å². The summed E-state index contributed by atoms with van der Waals surface area (Å²) in [5, 5.41) is 9.33. The zero-order valence-corrected chi connectivity index (χ0v) is 7.74. The van der Waals surface area contributed by atoms with Crippen LogP contribution in [0, 0.1) is 12.3 Å². The minimum atomic E-state index is -0.779. The molecule has 0 unspecified atom stereocenters. The van der Waals surface area contributed by atoms with Crippen LogP contribution in [-0.4, -0.2) is 24.3 Å². The predicted octanol–water partition coefficient (Wildman–Crippen LogP) is 1.26. The van der Waals surface area contributed by atoms with Gasteiger partial charge in [-0.2, -0.15) is 0 Å². The Morgan fingerprint density at radius 3 is 3.08 bits per heavy atom. The van der Waals surface area contributed by atoms with E-state index in [1.807, 2.05) is 0 Å². The fourth-order valence-corrected chi connectivity index (χ4v) is 1.27. The molecule has 1 saturated heterocycles. The SMILES string of the molecule is C#CCC[C@H](O)O[C@@H]1CCCCO1. The predicted molar refractivity (Wildman–Crippen MR) is 48.7 cm³/mol. The normalized spacial score (nSPS) is 25.1. The van der Waals surface area contributed by atoms with Crippen LogP contribution in [0.2, 0.25) is 0 Å². The number of aliphatic hydroxyl groups is 1. The van der Waals surface area contributed by atoms with Crippen LogP contribution in [0.5, 0.6) is 0 Å². The molecule has 1 N–H and O–H groups in total. The van der Waals surface area contributed by atoms with Crippen molar-refractivity contribution in [1.29, 1.82) is 0 Å². The van der Waals surface area contributed by atoms with Gasteiger partial charge in [-0.05, 0) is 19.3 Å². The van der Waals surface area contributed by atoms with E-state index in [0.717, 1.165) is 25.9 Å². The van der Waals surface area contributed by atoms with E-state index < -0.39 is 6.29 Å². The molecule has 0 aliphatic carbocycles. The quantitative estimate of drug-likeness (QED) is 0.528. The molecule has 2 atom stereocenters. The third kappa shape index (κ3) is 4.28. The molecule has 74 valence electrons. The number of ether oxygens (including phenoxy) is 2. The minimum Gasteiger partial charge on any atom is -0.368 e. The summed E-state index contributed by atoms with van der Waals surface area (Å²) in [5.41, 5.74) is 0. The van der Waals surface area contributed by atoms with Gasteiger partial charge in [-0.1, -0.05) is 0 Å². The van der Waals surface area contributed by atoms with Crippen molar-refractivity contribution in [2.75, 3.05) is 6.61 Å². The Bertz CT molecular complexity index is 167. The number of rotatable bonds is 4. The lowest BCUT2D eigenvalue weighted by atomic mass is 10.2. The molecule has 0 radical (unpaired) electrons. The molecular weight excluding hydrogens is 168 g/mol. The zero-order chi connectivity index (χ0) is 9.52. The highest BCUT2D eigenvalue weighted by molar-refractivity contribution is 4.83. The Hall–Kier alpha value is -0.560. The lowest BCUT2D eigenvalue weighted by molar-refractivity contribution is -0.241. The first-order chi connectivity index (χ1) is 6.33. The summed E-state index contributed by atoms with van der Waals surface area (Å²) in [4.78, 5) is 0. The largest absolute Gasteiger partial charge is 0.368 e. The highest BCUT2D eigenvalue weighted by Crippen LogP contribution is 2.15. The molecule has 0 saturated carbocycles. The molecule has 3 nitrogen and oxygen atoms in total. The van der Waals surface area contributed by atoms with Gasteiger partial charge in [0.15, 0.2) is 12.6 Å². The van der Waals surface area contributed by atoms with Crippen LogP contribution in [0.25, 0.3) is 0 Å². The Kier molecular flexibility index (Phi) is 4.84. The lowest BCUT2D eigenvalue weighted by Gasteiger charge is -2.24. The molecular formula is C10H16O3. The van der Waals surface area contributed by atoms with E-state index in [1.165, 1.54) is 0 Å². The highest BCUT2D eigenvalue weighted by Gasteiger charge is 2.17. The van der Waals surface area contributed by atoms with Crippen molar-refractivity contribution < 1.29 is 14.6 Å². The summed E-state index contributed by atoms with van der Waals surface area (Å²) in [7, 11) is 0. The first kappa shape index (κ1) is 10.5. The minimum absolute atomic E-state index is 0.235. The summed E-state index contributed by atoms with van der Waals surface area (Å²) >= 11 is 0. The van der Waals surface area contributed by atoms with Gasteiger partial charge in [-0.15, -0.1) is 12.3 Å². The van der Waals surface area contributed by atoms with E-state index >= 15 is 0 Å². The summed E-state index contributed by atoms with van der Waals surface area (Å²) in [5.74, 6) is 2.46. The van der Waals surface area contributed by atoms with Crippen molar-refractivity contribution >= 4 is 0 Å². The molecule has 1 aliphatic heterocycles. The molecule has 0 bridgehead atoms. The van der Waals surface area contributed by atoms with Gasteiger partial charge in [0.25, 0.3) is 0 Å². The topological polar surface area (TPSA) is 38.7 Å². The van der Waals surface area contributed by atoms with Crippen LogP contribution >= 0.6 is 0 Å². The molecule has 0 amide bonds. The van der Waals surface area contributed by atoms with Crippen molar-refractivity contribution in [3.8, 4) is 12.3 Å². The maximum atomic E-state index is 9.33. The molecule has 0 aromatic rings. The maximum absolute atomic E-state index is 9.33. The molecule has 0 aromatic heterocycles. The Morgan fingerprint density at radius 2 is 2.46 bits per heavy atom. The summed E-state index contributed by atoms with van der Waals surface area (Å²) in [6, 6.07) is 0. The van der Waals surface area contributed by atoms with Gasteiger partial charge in [0.05, 0.1) is 0 Å². The number of hydrogen-bond donors (Lipinski definition) is 1. The molecule has 3 heteroatoms. The number of terminal acetylenes is 1. The first-order valence-electron chi connectivity index (χ1n) is 4.71. The zero-order valence-electron chi connectivity index (χ0n) is 7.74. The van der Waals surface area contributed by atoms with Crippen LogP contribution in [0.15, 0.2) is 0 Å².